The lowest BCUT2D eigenvalue weighted by molar-refractivity contribution is 0.183. The molecule has 0 aliphatic rings. The van der Waals surface area contributed by atoms with Gasteiger partial charge >= 0.3 is 0 Å². The van der Waals surface area contributed by atoms with Crippen molar-refractivity contribution in [1.82, 2.24) is 9.88 Å². The van der Waals surface area contributed by atoms with Crippen LogP contribution in [-0.4, -0.2) is 34.2 Å². The van der Waals surface area contributed by atoms with Crippen LogP contribution in [0.2, 0.25) is 0 Å². The van der Waals surface area contributed by atoms with Crippen molar-refractivity contribution in [2.75, 3.05) is 18.9 Å². The zero-order valence-corrected chi connectivity index (χ0v) is 10.1. The Balaban J connectivity index is 2.60. The van der Waals surface area contributed by atoms with E-state index in [9.17, 15) is 0 Å². The first-order valence-electron chi connectivity index (χ1n) is 5.70. The summed E-state index contributed by atoms with van der Waals surface area (Å²) in [5, 5.41) is 8.84. The lowest BCUT2D eigenvalue weighted by Gasteiger charge is -2.25. The molecular formula is C12H21N3O. The smallest absolute Gasteiger partial charge is 0.123 e. The third-order valence-electron chi connectivity index (χ3n) is 2.53. The molecule has 0 aromatic carbocycles. The maximum absolute atomic E-state index is 8.84. The van der Waals surface area contributed by atoms with Crippen molar-refractivity contribution >= 4 is 5.82 Å². The molecular weight excluding hydrogens is 202 g/mol. The summed E-state index contributed by atoms with van der Waals surface area (Å²) in [5.74, 6) is 0.559. The standard InChI is InChI=1S/C12H21N3O/c1-10(2)15(7-4-8-16)9-11-5-3-6-12(13)14-11/h3,5-6,10,16H,4,7-9H2,1-2H3,(H2,13,14). The Morgan fingerprint density at radius 3 is 2.75 bits per heavy atom. The van der Waals surface area contributed by atoms with Crippen LogP contribution in [0.1, 0.15) is 26.0 Å². The first-order chi connectivity index (χ1) is 7.63. The van der Waals surface area contributed by atoms with E-state index in [1.807, 2.05) is 12.1 Å². The number of aliphatic hydroxyl groups excluding tert-OH is 1. The molecule has 1 heterocycles. The van der Waals surface area contributed by atoms with Gasteiger partial charge in [0.2, 0.25) is 0 Å². The van der Waals surface area contributed by atoms with Crippen molar-refractivity contribution in [2.24, 2.45) is 0 Å². The molecule has 0 saturated heterocycles. The van der Waals surface area contributed by atoms with Gasteiger partial charge in [0, 0.05) is 25.7 Å². The molecule has 0 aliphatic heterocycles. The minimum Gasteiger partial charge on any atom is -0.396 e. The highest BCUT2D eigenvalue weighted by Gasteiger charge is 2.10. The summed E-state index contributed by atoms with van der Waals surface area (Å²) in [6, 6.07) is 6.12. The number of aromatic nitrogens is 1. The van der Waals surface area contributed by atoms with E-state index in [1.165, 1.54) is 0 Å². The number of nitrogens with two attached hydrogens (primary N) is 1. The molecule has 1 rings (SSSR count). The van der Waals surface area contributed by atoms with Crippen molar-refractivity contribution < 1.29 is 5.11 Å². The first kappa shape index (κ1) is 12.9. The first-order valence-corrected chi connectivity index (χ1v) is 5.70. The molecule has 4 heteroatoms. The lowest BCUT2D eigenvalue weighted by Crippen LogP contribution is -2.32. The number of hydrogen-bond donors (Lipinski definition) is 2. The lowest BCUT2D eigenvalue weighted by atomic mass is 10.2. The minimum atomic E-state index is 0.230. The van der Waals surface area contributed by atoms with Gasteiger partial charge in [-0.1, -0.05) is 6.07 Å². The molecule has 0 aliphatic carbocycles. The van der Waals surface area contributed by atoms with Crippen molar-refractivity contribution in [3.63, 3.8) is 0 Å². The van der Waals surface area contributed by atoms with E-state index in [0.717, 1.165) is 25.2 Å². The number of nitrogen functional groups attached to an aromatic ring is 1. The Morgan fingerprint density at radius 2 is 2.19 bits per heavy atom. The van der Waals surface area contributed by atoms with E-state index >= 15 is 0 Å². The molecule has 0 radical (unpaired) electrons. The van der Waals surface area contributed by atoms with Crippen LogP contribution in [0.5, 0.6) is 0 Å². The van der Waals surface area contributed by atoms with Crippen LogP contribution in [0.3, 0.4) is 0 Å². The van der Waals surface area contributed by atoms with Gasteiger partial charge in [-0.25, -0.2) is 4.98 Å². The Morgan fingerprint density at radius 1 is 1.44 bits per heavy atom. The topological polar surface area (TPSA) is 62.4 Å². The van der Waals surface area contributed by atoms with Crippen LogP contribution in [0, 0.1) is 0 Å². The van der Waals surface area contributed by atoms with Crippen molar-refractivity contribution in [1.29, 1.82) is 0 Å². The molecule has 16 heavy (non-hydrogen) atoms. The summed E-state index contributed by atoms with van der Waals surface area (Å²) in [5.41, 5.74) is 6.62. The Kier molecular flexibility index (Phi) is 5.22. The Bertz CT molecular complexity index is 315. The fraction of sp³-hybridized carbons (Fsp3) is 0.583. The summed E-state index contributed by atoms with van der Waals surface area (Å²) in [6.07, 6.45) is 0.792. The molecule has 3 N–H and O–H groups in total. The SMILES string of the molecule is CC(C)N(CCCO)Cc1cccc(N)n1. The molecule has 0 atom stereocenters. The monoisotopic (exact) mass is 223 g/mol. The Labute approximate surface area is 97.1 Å². The van der Waals surface area contributed by atoms with Crippen LogP contribution >= 0.6 is 0 Å². The van der Waals surface area contributed by atoms with Crippen molar-refractivity contribution in [2.45, 2.75) is 32.9 Å². The van der Waals surface area contributed by atoms with E-state index in [0.29, 0.717) is 11.9 Å². The van der Waals surface area contributed by atoms with Crippen LogP contribution in [0.25, 0.3) is 0 Å². The highest BCUT2D eigenvalue weighted by Crippen LogP contribution is 2.08. The van der Waals surface area contributed by atoms with Gasteiger partial charge in [-0.2, -0.15) is 0 Å². The zero-order valence-electron chi connectivity index (χ0n) is 10.1. The summed E-state index contributed by atoms with van der Waals surface area (Å²) in [6.45, 7) is 6.17. The third kappa shape index (κ3) is 4.16. The molecule has 0 saturated carbocycles. The largest absolute Gasteiger partial charge is 0.396 e. The van der Waals surface area contributed by atoms with Gasteiger partial charge in [-0.3, -0.25) is 4.90 Å². The molecule has 0 fully saturated rings. The van der Waals surface area contributed by atoms with Gasteiger partial charge in [0.15, 0.2) is 0 Å². The van der Waals surface area contributed by atoms with Gasteiger partial charge in [0.25, 0.3) is 0 Å². The zero-order chi connectivity index (χ0) is 12.0. The molecule has 0 bridgehead atoms. The number of aliphatic hydroxyl groups is 1. The molecule has 0 unspecified atom stereocenters. The summed E-state index contributed by atoms with van der Waals surface area (Å²) in [7, 11) is 0. The predicted molar refractivity (Wildman–Crippen MR) is 65.9 cm³/mol. The highest BCUT2D eigenvalue weighted by atomic mass is 16.3. The normalized spacial score (nSPS) is 11.3. The second-order valence-electron chi connectivity index (χ2n) is 4.20. The Hall–Kier alpha value is -1.13. The van der Waals surface area contributed by atoms with E-state index in [1.54, 1.807) is 6.07 Å². The quantitative estimate of drug-likeness (QED) is 0.762. The predicted octanol–water partition coefficient (Wildman–Crippen LogP) is 1.26. The fourth-order valence-corrected chi connectivity index (χ4v) is 1.59. The molecule has 0 amide bonds. The number of hydrogen-bond acceptors (Lipinski definition) is 4. The van der Waals surface area contributed by atoms with Gasteiger partial charge in [-0.05, 0) is 32.4 Å². The van der Waals surface area contributed by atoms with E-state index in [-0.39, 0.29) is 6.61 Å². The second kappa shape index (κ2) is 6.45. The minimum absolute atomic E-state index is 0.230. The highest BCUT2D eigenvalue weighted by molar-refractivity contribution is 5.28. The third-order valence-corrected chi connectivity index (χ3v) is 2.53. The number of nitrogens with zero attached hydrogens (tertiary/aromatic N) is 2. The molecule has 4 nitrogen and oxygen atoms in total. The average Bonchev–Trinajstić information content (AvgIpc) is 2.24. The summed E-state index contributed by atoms with van der Waals surface area (Å²) in [4.78, 5) is 6.55. The van der Waals surface area contributed by atoms with Crippen LogP contribution in [0.4, 0.5) is 5.82 Å². The van der Waals surface area contributed by atoms with Crippen molar-refractivity contribution in [3.8, 4) is 0 Å². The number of anilines is 1. The average molecular weight is 223 g/mol. The van der Waals surface area contributed by atoms with Crippen LogP contribution < -0.4 is 5.73 Å². The molecule has 1 aromatic rings. The summed E-state index contributed by atoms with van der Waals surface area (Å²) >= 11 is 0. The van der Waals surface area contributed by atoms with Gasteiger partial charge in [-0.15, -0.1) is 0 Å². The number of pyridine rings is 1. The molecule has 90 valence electrons. The van der Waals surface area contributed by atoms with E-state index in [2.05, 4.69) is 23.7 Å². The summed E-state index contributed by atoms with van der Waals surface area (Å²) < 4.78 is 0. The number of rotatable bonds is 6. The van der Waals surface area contributed by atoms with E-state index in [4.69, 9.17) is 10.8 Å². The van der Waals surface area contributed by atoms with Crippen LogP contribution in [-0.2, 0) is 6.54 Å². The van der Waals surface area contributed by atoms with Gasteiger partial charge in [0.1, 0.15) is 5.82 Å². The van der Waals surface area contributed by atoms with E-state index < -0.39 is 0 Å². The van der Waals surface area contributed by atoms with Crippen molar-refractivity contribution in [3.05, 3.63) is 23.9 Å². The van der Waals surface area contributed by atoms with Gasteiger partial charge in [0.05, 0.1) is 5.69 Å². The maximum atomic E-state index is 8.84. The second-order valence-corrected chi connectivity index (χ2v) is 4.20. The fourth-order valence-electron chi connectivity index (χ4n) is 1.59. The van der Waals surface area contributed by atoms with Crippen LogP contribution in [0.15, 0.2) is 18.2 Å². The van der Waals surface area contributed by atoms with Gasteiger partial charge < -0.3 is 10.8 Å². The maximum Gasteiger partial charge on any atom is 0.123 e. The molecule has 1 aromatic heterocycles. The molecule has 0 spiro atoms.